The van der Waals surface area contributed by atoms with E-state index in [0.29, 0.717) is 0 Å². The third-order valence-corrected chi connectivity index (χ3v) is 7.50. The fraction of sp³-hybridized carbons (Fsp3) is 0.783. The Labute approximate surface area is 186 Å². The summed E-state index contributed by atoms with van der Waals surface area (Å²) in [7, 11) is 0. The minimum Gasteiger partial charge on any atom is -0.321 e. The minimum absolute atomic E-state index is 0.191. The highest BCUT2D eigenvalue weighted by atomic mass is 32.2. The van der Waals surface area contributed by atoms with Crippen molar-refractivity contribution in [3.63, 3.8) is 0 Å². The SMILES string of the molecule is CCCCCCCCCCC1(C(=O)Nc2c(SC)nc(C)nc2SC)CCCC1. The third-order valence-electron chi connectivity index (χ3n) is 6.13. The number of nitrogens with one attached hydrogen (secondary N) is 1. The molecule has 0 aromatic carbocycles. The van der Waals surface area contributed by atoms with Gasteiger partial charge >= 0.3 is 0 Å². The molecule has 0 saturated heterocycles. The standard InChI is InChI=1S/C23H39N3OS2/c1-5-6-7-8-9-10-11-12-15-23(16-13-14-17-23)22(27)26-19-20(28-3)24-18(2)25-21(19)29-4/h5-17H2,1-4H3,(H,26,27). The molecule has 1 amide bonds. The highest BCUT2D eigenvalue weighted by Gasteiger charge is 2.41. The van der Waals surface area contributed by atoms with E-state index in [1.807, 2.05) is 19.4 Å². The Kier molecular flexibility index (Phi) is 10.9. The number of amides is 1. The zero-order valence-corrected chi connectivity index (χ0v) is 20.4. The number of hydrogen-bond acceptors (Lipinski definition) is 5. The van der Waals surface area contributed by atoms with Crippen molar-refractivity contribution >= 4 is 35.1 Å². The molecule has 0 radical (unpaired) electrons. The molecular formula is C23H39N3OS2. The number of aryl methyl sites for hydroxylation is 1. The highest BCUT2D eigenvalue weighted by Crippen LogP contribution is 2.44. The maximum Gasteiger partial charge on any atom is 0.230 e. The first-order chi connectivity index (χ1) is 14.1. The summed E-state index contributed by atoms with van der Waals surface area (Å²) < 4.78 is 0. The summed E-state index contributed by atoms with van der Waals surface area (Å²) in [5.74, 6) is 0.946. The van der Waals surface area contributed by atoms with Crippen LogP contribution >= 0.6 is 23.5 Å². The lowest BCUT2D eigenvalue weighted by atomic mass is 9.79. The minimum atomic E-state index is -0.196. The predicted molar refractivity (Wildman–Crippen MR) is 127 cm³/mol. The number of carbonyl (C=O) groups is 1. The fourth-order valence-electron chi connectivity index (χ4n) is 4.41. The van der Waals surface area contributed by atoms with E-state index in [-0.39, 0.29) is 11.3 Å². The number of carbonyl (C=O) groups excluding carboxylic acids is 1. The average molecular weight is 438 g/mol. The number of nitrogens with zero attached hydrogens (tertiary/aromatic N) is 2. The number of aromatic nitrogens is 2. The summed E-state index contributed by atoms with van der Waals surface area (Å²) in [4.78, 5) is 22.5. The lowest BCUT2D eigenvalue weighted by Crippen LogP contribution is -2.34. The van der Waals surface area contributed by atoms with Gasteiger partial charge < -0.3 is 5.32 Å². The predicted octanol–water partition coefficient (Wildman–Crippen LogP) is 7.26. The normalized spacial score (nSPS) is 15.6. The summed E-state index contributed by atoms with van der Waals surface area (Å²) in [5, 5.41) is 5.00. The molecular weight excluding hydrogens is 398 g/mol. The van der Waals surface area contributed by atoms with Crippen molar-refractivity contribution in [2.45, 2.75) is 107 Å². The van der Waals surface area contributed by atoms with Gasteiger partial charge in [-0.25, -0.2) is 9.97 Å². The largest absolute Gasteiger partial charge is 0.321 e. The van der Waals surface area contributed by atoms with E-state index in [1.54, 1.807) is 23.5 Å². The van der Waals surface area contributed by atoms with Crippen molar-refractivity contribution in [2.24, 2.45) is 5.41 Å². The molecule has 0 spiro atoms. The number of unbranched alkanes of at least 4 members (excludes halogenated alkanes) is 7. The molecule has 2 rings (SSSR count). The van der Waals surface area contributed by atoms with Crippen LogP contribution in [0.4, 0.5) is 5.69 Å². The van der Waals surface area contributed by atoms with Crippen molar-refractivity contribution in [1.82, 2.24) is 9.97 Å². The van der Waals surface area contributed by atoms with Crippen LogP contribution < -0.4 is 5.32 Å². The Morgan fingerprint density at radius 2 is 1.45 bits per heavy atom. The molecule has 1 aromatic heterocycles. The molecule has 29 heavy (non-hydrogen) atoms. The Morgan fingerprint density at radius 1 is 0.931 bits per heavy atom. The molecule has 0 unspecified atom stereocenters. The molecule has 164 valence electrons. The van der Waals surface area contributed by atoms with Gasteiger partial charge in [0.1, 0.15) is 21.6 Å². The smallest absolute Gasteiger partial charge is 0.230 e. The highest BCUT2D eigenvalue weighted by molar-refractivity contribution is 7.99. The van der Waals surface area contributed by atoms with Crippen LogP contribution in [-0.2, 0) is 4.79 Å². The van der Waals surface area contributed by atoms with Gasteiger partial charge in [-0.2, -0.15) is 0 Å². The molecule has 1 aliphatic rings. The van der Waals surface area contributed by atoms with Crippen molar-refractivity contribution in [2.75, 3.05) is 17.8 Å². The molecule has 0 bridgehead atoms. The van der Waals surface area contributed by atoms with E-state index in [9.17, 15) is 4.79 Å². The average Bonchev–Trinajstić information content (AvgIpc) is 3.21. The third kappa shape index (κ3) is 7.16. The number of thioether (sulfide) groups is 2. The number of rotatable bonds is 13. The monoisotopic (exact) mass is 437 g/mol. The molecule has 1 saturated carbocycles. The molecule has 1 N–H and O–H groups in total. The van der Waals surface area contributed by atoms with Gasteiger partial charge in [0.15, 0.2) is 0 Å². The van der Waals surface area contributed by atoms with Gasteiger partial charge in [0.2, 0.25) is 5.91 Å². The first kappa shape index (κ1) is 24.5. The summed E-state index contributed by atoms with van der Waals surface area (Å²) in [5.41, 5.74) is 0.612. The zero-order valence-electron chi connectivity index (χ0n) is 18.8. The molecule has 1 aliphatic carbocycles. The van der Waals surface area contributed by atoms with Gasteiger partial charge in [0.25, 0.3) is 0 Å². The van der Waals surface area contributed by atoms with Crippen LogP contribution in [0.1, 0.15) is 96.2 Å². The molecule has 6 heteroatoms. The van der Waals surface area contributed by atoms with Crippen LogP contribution in [0.25, 0.3) is 0 Å². The summed E-state index contributed by atoms with van der Waals surface area (Å²) in [6, 6.07) is 0. The second-order valence-corrected chi connectivity index (χ2v) is 9.92. The van der Waals surface area contributed by atoms with Crippen molar-refractivity contribution in [1.29, 1.82) is 0 Å². The summed E-state index contributed by atoms with van der Waals surface area (Å²) >= 11 is 3.15. The summed E-state index contributed by atoms with van der Waals surface area (Å²) in [6.07, 6.45) is 19.9. The van der Waals surface area contributed by atoms with E-state index in [2.05, 4.69) is 22.2 Å². The Balaban J connectivity index is 1.96. The molecule has 1 fully saturated rings. The maximum atomic E-state index is 13.4. The van der Waals surface area contributed by atoms with Gasteiger partial charge in [0, 0.05) is 5.41 Å². The fourth-order valence-corrected chi connectivity index (χ4v) is 5.63. The summed E-state index contributed by atoms with van der Waals surface area (Å²) in [6.45, 7) is 4.17. The van der Waals surface area contributed by atoms with Gasteiger partial charge in [-0.15, -0.1) is 23.5 Å². The van der Waals surface area contributed by atoms with Crippen LogP contribution in [-0.4, -0.2) is 28.4 Å². The molecule has 1 aromatic rings. The van der Waals surface area contributed by atoms with Crippen LogP contribution in [0, 0.1) is 12.3 Å². The molecule has 0 aliphatic heterocycles. The van der Waals surface area contributed by atoms with Crippen molar-refractivity contribution in [3.8, 4) is 0 Å². The van der Waals surface area contributed by atoms with Crippen molar-refractivity contribution < 1.29 is 4.79 Å². The van der Waals surface area contributed by atoms with Crippen LogP contribution in [0.2, 0.25) is 0 Å². The maximum absolute atomic E-state index is 13.4. The Morgan fingerprint density at radius 3 is 1.97 bits per heavy atom. The van der Waals surface area contributed by atoms with E-state index < -0.39 is 0 Å². The van der Waals surface area contributed by atoms with Crippen LogP contribution in [0.5, 0.6) is 0 Å². The van der Waals surface area contributed by atoms with E-state index in [0.717, 1.165) is 47.2 Å². The first-order valence-corrected chi connectivity index (χ1v) is 13.8. The van der Waals surface area contributed by atoms with E-state index in [4.69, 9.17) is 0 Å². The van der Waals surface area contributed by atoms with Crippen molar-refractivity contribution in [3.05, 3.63) is 5.82 Å². The molecule has 1 heterocycles. The second-order valence-electron chi connectivity index (χ2n) is 8.33. The first-order valence-electron chi connectivity index (χ1n) is 11.3. The molecule has 4 nitrogen and oxygen atoms in total. The zero-order chi connectivity index (χ0) is 21.1. The van der Waals surface area contributed by atoms with Gasteiger partial charge in [0.05, 0.1) is 0 Å². The van der Waals surface area contributed by atoms with Gasteiger partial charge in [-0.05, 0) is 38.7 Å². The van der Waals surface area contributed by atoms with Crippen LogP contribution in [0.3, 0.4) is 0 Å². The van der Waals surface area contributed by atoms with E-state index >= 15 is 0 Å². The second kappa shape index (κ2) is 12.8. The lowest BCUT2D eigenvalue weighted by Gasteiger charge is -2.28. The number of anilines is 1. The number of hydrogen-bond donors (Lipinski definition) is 1. The topological polar surface area (TPSA) is 54.9 Å². The van der Waals surface area contributed by atoms with Gasteiger partial charge in [-0.3, -0.25) is 4.79 Å². The Bertz CT molecular complexity index is 620. The Hall–Kier alpha value is -0.750. The van der Waals surface area contributed by atoms with Gasteiger partial charge in [-0.1, -0.05) is 71.1 Å². The molecule has 0 atom stereocenters. The quantitative estimate of drug-likeness (QED) is 0.200. The lowest BCUT2D eigenvalue weighted by molar-refractivity contribution is -0.125. The van der Waals surface area contributed by atoms with Crippen LogP contribution in [0.15, 0.2) is 10.1 Å². The van der Waals surface area contributed by atoms with E-state index in [1.165, 1.54) is 57.8 Å².